The minimum atomic E-state index is -3.92. The van der Waals surface area contributed by atoms with E-state index in [1.807, 2.05) is 12.1 Å². The fourth-order valence-corrected chi connectivity index (χ4v) is 3.21. The van der Waals surface area contributed by atoms with Gasteiger partial charge >= 0.3 is 0 Å². The molecule has 2 rings (SSSR count). The van der Waals surface area contributed by atoms with Crippen LogP contribution in [0.2, 0.25) is 0 Å². The van der Waals surface area contributed by atoms with Crippen molar-refractivity contribution < 1.29 is 22.6 Å². The highest BCUT2D eigenvalue weighted by atomic mass is 32.2. The summed E-state index contributed by atoms with van der Waals surface area (Å²) in [6.07, 6.45) is 3.44. The Morgan fingerprint density at radius 1 is 1.07 bits per heavy atom. The molecule has 0 aliphatic carbocycles. The number of nitrogens with one attached hydrogen (secondary N) is 1. The van der Waals surface area contributed by atoms with E-state index in [1.54, 1.807) is 18.2 Å². The van der Waals surface area contributed by atoms with Gasteiger partial charge < -0.3 is 14.2 Å². The molecule has 2 aromatic rings. The molecule has 0 bridgehead atoms. The van der Waals surface area contributed by atoms with Crippen LogP contribution in [0, 0.1) is 0 Å². The summed E-state index contributed by atoms with van der Waals surface area (Å²) in [5.74, 6) is 1.31. The Bertz CT molecular complexity index is 881. The van der Waals surface area contributed by atoms with E-state index in [1.165, 1.54) is 32.6 Å². The van der Waals surface area contributed by atoms with Crippen molar-refractivity contribution >= 4 is 16.2 Å². The summed E-state index contributed by atoms with van der Waals surface area (Å²) in [7, 11) is -1.06. The maximum atomic E-state index is 12.5. The Balaban J connectivity index is 2.12. The lowest BCUT2D eigenvalue weighted by Crippen LogP contribution is -2.19. The summed E-state index contributed by atoms with van der Waals surface area (Å²) < 4.78 is 40.9. The average Bonchev–Trinajstić information content (AvgIpc) is 2.68. The zero-order chi connectivity index (χ0) is 19.7. The van der Waals surface area contributed by atoms with Crippen LogP contribution in [0.4, 0.5) is 0 Å². The molecule has 0 unspecified atom stereocenters. The minimum Gasteiger partial charge on any atom is -0.497 e. The molecule has 0 atom stereocenters. The van der Waals surface area contributed by atoms with Gasteiger partial charge in [0.2, 0.25) is 0 Å². The lowest BCUT2D eigenvalue weighted by molar-refractivity contribution is 0.309. The number of hydrazone groups is 1. The number of nitrogens with zero attached hydrogens (tertiary/aromatic N) is 1. The molecule has 0 spiro atoms. The summed E-state index contributed by atoms with van der Waals surface area (Å²) in [6.45, 7) is 2.73. The van der Waals surface area contributed by atoms with E-state index in [-0.39, 0.29) is 10.6 Å². The van der Waals surface area contributed by atoms with Crippen LogP contribution in [0.15, 0.2) is 52.5 Å². The van der Waals surface area contributed by atoms with E-state index < -0.39 is 10.0 Å². The van der Waals surface area contributed by atoms with E-state index in [0.717, 1.165) is 12.8 Å². The van der Waals surface area contributed by atoms with Crippen molar-refractivity contribution in [3.8, 4) is 17.2 Å². The monoisotopic (exact) mass is 392 g/mol. The molecule has 1 N–H and O–H groups in total. The molecule has 0 aliphatic heterocycles. The second kappa shape index (κ2) is 9.82. The van der Waals surface area contributed by atoms with Gasteiger partial charge in [0.15, 0.2) is 0 Å². The maximum absolute atomic E-state index is 12.5. The molecular formula is C19H24N2O5S. The zero-order valence-electron chi connectivity index (χ0n) is 15.6. The molecule has 146 valence electrons. The molecule has 0 saturated carbocycles. The Kier molecular flexibility index (Phi) is 7.48. The van der Waals surface area contributed by atoms with Gasteiger partial charge in [0, 0.05) is 6.07 Å². The predicted octanol–water partition coefficient (Wildman–Crippen LogP) is 3.20. The third-order valence-electron chi connectivity index (χ3n) is 3.67. The minimum absolute atomic E-state index is 0.0573. The number of unbranched alkanes of at least 4 members (excludes halogenated alkanes) is 1. The Morgan fingerprint density at radius 2 is 1.89 bits per heavy atom. The van der Waals surface area contributed by atoms with Crippen molar-refractivity contribution in [2.45, 2.75) is 24.7 Å². The normalized spacial score (nSPS) is 11.4. The third-order valence-corrected chi connectivity index (χ3v) is 4.92. The summed E-state index contributed by atoms with van der Waals surface area (Å²) >= 11 is 0. The van der Waals surface area contributed by atoms with Crippen LogP contribution in [0.25, 0.3) is 0 Å². The zero-order valence-corrected chi connectivity index (χ0v) is 16.5. The Hall–Kier alpha value is -2.74. The fraction of sp³-hybridized carbons (Fsp3) is 0.316. The first-order valence-corrected chi connectivity index (χ1v) is 9.98. The predicted molar refractivity (Wildman–Crippen MR) is 104 cm³/mol. The van der Waals surface area contributed by atoms with Crippen LogP contribution >= 0.6 is 0 Å². The first kappa shape index (κ1) is 20.6. The second-order valence-electron chi connectivity index (χ2n) is 5.64. The molecule has 0 saturated heterocycles. The van der Waals surface area contributed by atoms with Gasteiger partial charge in [0.05, 0.1) is 27.0 Å². The molecule has 0 fully saturated rings. The molecule has 27 heavy (non-hydrogen) atoms. The van der Waals surface area contributed by atoms with Gasteiger partial charge in [-0.15, -0.1) is 0 Å². The van der Waals surface area contributed by atoms with Gasteiger partial charge in [-0.25, -0.2) is 0 Å². The molecule has 0 heterocycles. The van der Waals surface area contributed by atoms with E-state index in [2.05, 4.69) is 16.9 Å². The number of hydrogen-bond donors (Lipinski definition) is 1. The first-order valence-electron chi connectivity index (χ1n) is 8.50. The van der Waals surface area contributed by atoms with Crippen LogP contribution in [-0.2, 0) is 10.0 Å². The van der Waals surface area contributed by atoms with Crippen LogP contribution in [-0.4, -0.2) is 35.5 Å². The van der Waals surface area contributed by atoms with Crippen LogP contribution in [0.3, 0.4) is 0 Å². The number of ether oxygens (including phenoxy) is 3. The highest BCUT2D eigenvalue weighted by Gasteiger charge is 2.19. The summed E-state index contributed by atoms with van der Waals surface area (Å²) in [5.41, 5.74) is 0.712. The van der Waals surface area contributed by atoms with Gasteiger partial charge in [-0.3, -0.25) is 0 Å². The van der Waals surface area contributed by atoms with Gasteiger partial charge in [0.1, 0.15) is 22.1 Å². The van der Waals surface area contributed by atoms with Gasteiger partial charge in [-0.05, 0) is 36.2 Å². The highest BCUT2D eigenvalue weighted by Crippen LogP contribution is 2.27. The molecule has 0 radical (unpaired) electrons. The van der Waals surface area contributed by atoms with Crippen molar-refractivity contribution in [1.29, 1.82) is 0 Å². The maximum Gasteiger partial charge on any atom is 0.280 e. The van der Waals surface area contributed by atoms with Gasteiger partial charge in [-0.1, -0.05) is 25.5 Å². The number of methoxy groups -OCH3 is 2. The van der Waals surface area contributed by atoms with E-state index >= 15 is 0 Å². The molecule has 7 nitrogen and oxygen atoms in total. The van der Waals surface area contributed by atoms with Crippen LogP contribution in [0.5, 0.6) is 17.2 Å². The van der Waals surface area contributed by atoms with E-state index in [0.29, 0.717) is 23.7 Å². The number of benzene rings is 2. The van der Waals surface area contributed by atoms with Gasteiger partial charge in [0.25, 0.3) is 10.0 Å². The Morgan fingerprint density at radius 3 is 2.59 bits per heavy atom. The molecule has 0 aromatic heterocycles. The quantitative estimate of drug-likeness (QED) is 0.381. The molecular weight excluding hydrogens is 368 g/mol. The van der Waals surface area contributed by atoms with Crippen LogP contribution < -0.4 is 19.0 Å². The Labute approximate surface area is 160 Å². The topological polar surface area (TPSA) is 86.2 Å². The summed E-state index contributed by atoms with van der Waals surface area (Å²) in [6, 6.07) is 11.8. The standard InChI is InChI=1S/C19H24N2O5S/c1-4-5-11-26-17-8-6-7-15(12-17)14-20-21-27(22,23)19-13-16(24-2)9-10-18(19)25-3/h6-10,12-14,21H,4-5,11H2,1-3H3/b20-14+. The highest BCUT2D eigenvalue weighted by molar-refractivity contribution is 7.89. The van der Waals surface area contributed by atoms with Crippen molar-refractivity contribution in [3.05, 3.63) is 48.0 Å². The SMILES string of the molecule is CCCCOc1cccc(/C=N/NS(=O)(=O)c2cc(OC)ccc2OC)c1. The smallest absolute Gasteiger partial charge is 0.280 e. The molecule has 8 heteroatoms. The summed E-state index contributed by atoms with van der Waals surface area (Å²) in [5, 5.41) is 3.84. The van der Waals surface area contributed by atoms with Crippen molar-refractivity contribution in [1.82, 2.24) is 4.83 Å². The second-order valence-corrected chi connectivity index (χ2v) is 7.27. The average molecular weight is 392 g/mol. The van der Waals surface area contributed by atoms with E-state index in [4.69, 9.17) is 14.2 Å². The lowest BCUT2D eigenvalue weighted by Gasteiger charge is -2.10. The van der Waals surface area contributed by atoms with E-state index in [9.17, 15) is 8.42 Å². The lowest BCUT2D eigenvalue weighted by atomic mass is 10.2. The first-order chi connectivity index (χ1) is 13.0. The van der Waals surface area contributed by atoms with Crippen molar-refractivity contribution in [2.24, 2.45) is 5.10 Å². The van der Waals surface area contributed by atoms with Crippen molar-refractivity contribution in [2.75, 3.05) is 20.8 Å². The largest absolute Gasteiger partial charge is 0.497 e. The third kappa shape index (κ3) is 5.89. The summed E-state index contributed by atoms with van der Waals surface area (Å²) in [4.78, 5) is 2.13. The number of hydrogen-bond acceptors (Lipinski definition) is 6. The van der Waals surface area contributed by atoms with Crippen LogP contribution in [0.1, 0.15) is 25.3 Å². The number of rotatable bonds is 10. The molecule has 0 amide bonds. The van der Waals surface area contributed by atoms with Gasteiger partial charge in [-0.2, -0.15) is 18.4 Å². The number of sulfonamides is 1. The van der Waals surface area contributed by atoms with Crippen molar-refractivity contribution in [3.63, 3.8) is 0 Å². The molecule has 2 aromatic carbocycles. The molecule has 0 aliphatic rings. The fourth-order valence-electron chi connectivity index (χ4n) is 2.23.